The van der Waals surface area contributed by atoms with Crippen molar-refractivity contribution in [2.24, 2.45) is 9.98 Å². The summed E-state index contributed by atoms with van der Waals surface area (Å²) in [6.45, 7) is 2.43. The summed E-state index contributed by atoms with van der Waals surface area (Å²) in [5, 5.41) is 6.10. The van der Waals surface area contributed by atoms with Crippen molar-refractivity contribution in [3.05, 3.63) is 53.6 Å². The Morgan fingerprint density at radius 3 is 2.73 bits per heavy atom. The van der Waals surface area contributed by atoms with E-state index in [0.29, 0.717) is 34.6 Å². The molecule has 4 aliphatic rings. The van der Waals surface area contributed by atoms with E-state index in [-0.39, 0.29) is 43.5 Å². The fourth-order valence-corrected chi connectivity index (χ4v) is 6.53. The van der Waals surface area contributed by atoms with Gasteiger partial charge >= 0.3 is 0 Å². The predicted octanol–water partition coefficient (Wildman–Crippen LogP) is 4.04. The number of carbonyl (C=O) groups is 3. The Hall–Kier alpha value is -3.86. The molecule has 0 radical (unpaired) electrons. The number of benzene rings is 2. The third kappa shape index (κ3) is 5.81. The van der Waals surface area contributed by atoms with Gasteiger partial charge in [-0.1, -0.05) is 56.1 Å². The van der Waals surface area contributed by atoms with Gasteiger partial charge in [-0.2, -0.15) is 0 Å². The van der Waals surface area contributed by atoms with Gasteiger partial charge in [-0.15, -0.1) is 0 Å². The average molecular weight is 576 g/mol. The first-order valence-electron chi connectivity index (χ1n) is 14.2. The number of nitrogens with one attached hydrogen (secondary N) is 2. The van der Waals surface area contributed by atoms with E-state index in [0.717, 1.165) is 36.8 Å². The van der Waals surface area contributed by atoms with Crippen molar-refractivity contribution in [2.75, 3.05) is 6.79 Å². The number of rotatable bonds is 8. The van der Waals surface area contributed by atoms with E-state index in [9.17, 15) is 14.4 Å². The lowest BCUT2D eigenvalue weighted by Crippen LogP contribution is -2.45. The minimum atomic E-state index is -0.880. The summed E-state index contributed by atoms with van der Waals surface area (Å²) in [5.41, 5.74) is 2.28. The van der Waals surface area contributed by atoms with Crippen LogP contribution in [0.25, 0.3) is 0 Å². The molecule has 0 unspecified atom stereocenters. The molecule has 1 aliphatic carbocycles. The zero-order valence-electron chi connectivity index (χ0n) is 22.9. The van der Waals surface area contributed by atoms with Gasteiger partial charge in [-0.25, -0.2) is 9.89 Å². The minimum Gasteiger partial charge on any atom is -0.454 e. The first kappa shape index (κ1) is 27.3. The number of aliphatic imine (C=N–C) groups is 2. The molecule has 0 spiro atoms. The highest BCUT2D eigenvalue weighted by atomic mass is 32.2. The number of ether oxygens (including phenoxy) is 2. The van der Waals surface area contributed by atoms with Crippen LogP contribution in [-0.4, -0.2) is 57.8 Å². The Bertz CT molecular complexity index is 1420. The molecule has 3 aliphatic heterocycles. The molecule has 3 heterocycles. The molecule has 214 valence electrons. The van der Waals surface area contributed by atoms with Gasteiger partial charge in [-0.3, -0.25) is 19.4 Å². The molecule has 2 aromatic rings. The molecule has 6 rings (SSSR count). The third-order valence-corrected chi connectivity index (χ3v) is 9.03. The van der Waals surface area contributed by atoms with Crippen LogP contribution in [0.15, 0.2) is 52.4 Å². The first-order chi connectivity index (χ1) is 20.0. The monoisotopic (exact) mass is 575 g/mol. The molecule has 1 saturated carbocycles. The largest absolute Gasteiger partial charge is 0.454 e. The zero-order chi connectivity index (χ0) is 28.3. The average Bonchev–Trinajstić information content (AvgIpc) is 3.59. The Labute approximate surface area is 243 Å². The summed E-state index contributed by atoms with van der Waals surface area (Å²) >= 11 is 1.28. The van der Waals surface area contributed by atoms with E-state index >= 15 is 0 Å². The SMILES string of the molecule is CC[C@H](SC1=Nc2ccccc2C2=N[C@H](CC(=O)NCc3ccc4c(c3)OCO4)C(=O)N12)C(=O)NC1CCCCC1. The maximum atomic E-state index is 13.7. The Morgan fingerprint density at radius 1 is 1.10 bits per heavy atom. The van der Waals surface area contributed by atoms with Gasteiger partial charge in [0.15, 0.2) is 16.7 Å². The fraction of sp³-hybridized carbons (Fsp3) is 0.433. The topological polar surface area (TPSA) is 122 Å². The molecule has 0 aromatic heterocycles. The summed E-state index contributed by atoms with van der Waals surface area (Å²) in [7, 11) is 0. The smallest absolute Gasteiger partial charge is 0.259 e. The van der Waals surface area contributed by atoms with Crippen LogP contribution in [0.1, 0.15) is 63.0 Å². The number of fused-ring (bicyclic) bond motifs is 4. The van der Waals surface area contributed by atoms with Crippen molar-refractivity contribution >= 4 is 46.2 Å². The molecule has 1 fully saturated rings. The number of para-hydroxylation sites is 1. The highest BCUT2D eigenvalue weighted by Crippen LogP contribution is 2.36. The number of hydrogen-bond donors (Lipinski definition) is 2. The second-order valence-electron chi connectivity index (χ2n) is 10.6. The minimum absolute atomic E-state index is 0.0319. The van der Waals surface area contributed by atoms with Gasteiger partial charge in [-0.05, 0) is 49.1 Å². The molecule has 41 heavy (non-hydrogen) atoms. The molecule has 0 saturated heterocycles. The number of nitrogens with zero attached hydrogens (tertiary/aromatic N) is 3. The zero-order valence-corrected chi connectivity index (χ0v) is 23.7. The maximum absolute atomic E-state index is 13.7. The second-order valence-corrected chi connectivity index (χ2v) is 11.8. The van der Waals surface area contributed by atoms with Gasteiger partial charge in [0.05, 0.1) is 17.4 Å². The van der Waals surface area contributed by atoms with Crippen LogP contribution in [0, 0.1) is 0 Å². The van der Waals surface area contributed by atoms with Crippen molar-refractivity contribution in [3.63, 3.8) is 0 Å². The number of thioether (sulfide) groups is 1. The Kier molecular flexibility index (Phi) is 7.95. The summed E-state index contributed by atoms with van der Waals surface area (Å²) in [6.07, 6.45) is 5.97. The molecule has 2 aromatic carbocycles. The van der Waals surface area contributed by atoms with Crippen molar-refractivity contribution in [3.8, 4) is 11.5 Å². The quantitative estimate of drug-likeness (QED) is 0.490. The lowest BCUT2D eigenvalue weighted by Gasteiger charge is -2.29. The predicted molar refractivity (Wildman–Crippen MR) is 156 cm³/mol. The van der Waals surface area contributed by atoms with Crippen molar-refractivity contribution < 1.29 is 23.9 Å². The molecule has 2 N–H and O–H groups in total. The number of amides is 3. The number of hydrogen-bond acceptors (Lipinski definition) is 8. The molecule has 3 amide bonds. The highest BCUT2D eigenvalue weighted by Gasteiger charge is 2.43. The highest BCUT2D eigenvalue weighted by molar-refractivity contribution is 8.15. The molecule has 11 heteroatoms. The van der Waals surface area contributed by atoms with Gasteiger partial charge in [0, 0.05) is 18.2 Å². The molecule has 0 bridgehead atoms. The number of carbonyl (C=O) groups excluding carboxylic acids is 3. The summed E-state index contributed by atoms with van der Waals surface area (Å²) in [6, 6.07) is 12.3. The van der Waals surface area contributed by atoms with Crippen LogP contribution in [0.5, 0.6) is 11.5 Å². The lowest BCUT2D eigenvalue weighted by molar-refractivity contribution is -0.128. The molecular formula is C30H33N5O5S. The standard InChI is InChI=1S/C30H33N5O5S/c1-2-25(28(37)32-19-8-4-3-5-9-19)41-30-34-21-11-7-6-10-20(21)27-33-22(29(38)35(27)30)15-26(36)31-16-18-12-13-23-24(14-18)40-17-39-23/h6-7,10-14,19,22,25H,2-5,8-9,15-17H2,1H3,(H,31,36)(H,32,37)/t22-,25+/m1/s1. The van der Waals surface area contributed by atoms with Crippen molar-refractivity contribution in [2.45, 2.75) is 75.7 Å². The van der Waals surface area contributed by atoms with Gasteiger partial charge < -0.3 is 20.1 Å². The van der Waals surface area contributed by atoms with E-state index in [4.69, 9.17) is 19.5 Å². The van der Waals surface area contributed by atoms with Crippen LogP contribution in [0.3, 0.4) is 0 Å². The maximum Gasteiger partial charge on any atom is 0.259 e. The van der Waals surface area contributed by atoms with Crippen molar-refractivity contribution in [1.82, 2.24) is 15.5 Å². The van der Waals surface area contributed by atoms with E-state index in [1.165, 1.54) is 23.1 Å². The Morgan fingerprint density at radius 2 is 1.90 bits per heavy atom. The van der Waals surface area contributed by atoms with Gasteiger partial charge in [0.25, 0.3) is 5.91 Å². The molecule has 10 nitrogen and oxygen atoms in total. The van der Waals surface area contributed by atoms with E-state index in [1.54, 1.807) is 0 Å². The second kappa shape index (κ2) is 11.9. The molecule has 2 atom stereocenters. The van der Waals surface area contributed by atoms with Crippen LogP contribution < -0.4 is 20.1 Å². The van der Waals surface area contributed by atoms with Crippen LogP contribution in [-0.2, 0) is 20.9 Å². The first-order valence-corrected chi connectivity index (χ1v) is 15.1. The van der Waals surface area contributed by atoms with Crippen LogP contribution in [0.4, 0.5) is 5.69 Å². The van der Waals surface area contributed by atoms with Crippen LogP contribution in [0.2, 0.25) is 0 Å². The Balaban J connectivity index is 1.15. The fourth-order valence-electron chi connectivity index (χ4n) is 5.50. The lowest BCUT2D eigenvalue weighted by atomic mass is 9.95. The molecular weight excluding hydrogens is 542 g/mol. The van der Waals surface area contributed by atoms with Gasteiger partial charge in [0.2, 0.25) is 18.6 Å². The van der Waals surface area contributed by atoms with Crippen molar-refractivity contribution in [1.29, 1.82) is 0 Å². The summed E-state index contributed by atoms with van der Waals surface area (Å²) in [4.78, 5) is 50.7. The van der Waals surface area contributed by atoms with E-state index in [2.05, 4.69) is 10.6 Å². The summed E-state index contributed by atoms with van der Waals surface area (Å²) < 4.78 is 10.7. The summed E-state index contributed by atoms with van der Waals surface area (Å²) in [5.74, 6) is 1.16. The van der Waals surface area contributed by atoms with E-state index in [1.807, 2.05) is 49.4 Å². The third-order valence-electron chi connectivity index (χ3n) is 7.72. The van der Waals surface area contributed by atoms with E-state index < -0.39 is 11.3 Å². The number of amidine groups is 2. The van der Waals surface area contributed by atoms with Crippen LogP contribution >= 0.6 is 11.8 Å². The normalized spacial score (nSPS) is 20.1. The van der Waals surface area contributed by atoms with Gasteiger partial charge in [0.1, 0.15) is 11.9 Å².